The van der Waals surface area contributed by atoms with Gasteiger partial charge in [0.25, 0.3) is 0 Å². The molecule has 0 aliphatic heterocycles. The molecule has 1 heterocycles. The van der Waals surface area contributed by atoms with Crippen molar-refractivity contribution in [1.82, 2.24) is 15.3 Å². The maximum atomic E-state index is 4.51. The van der Waals surface area contributed by atoms with Crippen LogP contribution in [0.25, 0.3) is 0 Å². The lowest BCUT2D eigenvalue weighted by atomic mass is 10.1. The first kappa shape index (κ1) is 16.9. The van der Waals surface area contributed by atoms with Crippen LogP contribution in [-0.4, -0.2) is 28.6 Å². The molecule has 0 fully saturated rings. The van der Waals surface area contributed by atoms with Crippen LogP contribution in [-0.2, 0) is 6.54 Å². The molecule has 1 N–H and O–H groups in total. The molecule has 1 unspecified atom stereocenters. The Hall–Kier alpha value is -1.16. The monoisotopic (exact) mass is 278 g/mol. The molecule has 20 heavy (non-hydrogen) atoms. The van der Waals surface area contributed by atoms with Gasteiger partial charge in [0.1, 0.15) is 0 Å². The smallest absolute Gasteiger partial charge is 0.225 e. The van der Waals surface area contributed by atoms with Gasteiger partial charge in [-0.05, 0) is 33.6 Å². The van der Waals surface area contributed by atoms with Crippen LogP contribution in [0.15, 0.2) is 12.4 Å². The van der Waals surface area contributed by atoms with E-state index in [1.165, 1.54) is 6.42 Å². The summed E-state index contributed by atoms with van der Waals surface area (Å²) in [6.07, 6.45) is 5.05. The molecule has 4 heteroatoms. The van der Waals surface area contributed by atoms with Crippen molar-refractivity contribution in [2.24, 2.45) is 5.92 Å². The molecule has 0 bridgehead atoms. The van der Waals surface area contributed by atoms with E-state index in [4.69, 9.17) is 0 Å². The third kappa shape index (κ3) is 5.87. The van der Waals surface area contributed by atoms with E-state index < -0.39 is 0 Å². The quantitative estimate of drug-likeness (QED) is 0.831. The van der Waals surface area contributed by atoms with Crippen LogP contribution >= 0.6 is 0 Å². The second-order valence-electron chi connectivity index (χ2n) is 6.55. The minimum Gasteiger partial charge on any atom is -0.341 e. The van der Waals surface area contributed by atoms with Crippen molar-refractivity contribution in [3.63, 3.8) is 0 Å². The highest BCUT2D eigenvalue weighted by Crippen LogP contribution is 2.12. The van der Waals surface area contributed by atoms with E-state index in [1.54, 1.807) is 0 Å². The van der Waals surface area contributed by atoms with E-state index in [-0.39, 0.29) is 5.54 Å². The number of hydrogen-bond acceptors (Lipinski definition) is 4. The van der Waals surface area contributed by atoms with Crippen molar-refractivity contribution in [1.29, 1.82) is 0 Å². The molecule has 0 amide bonds. The molecular formula is C16H30N4. The normalized spacial score (nSPS) is 13.3. The van der Waals surface area contributed by atoms with Gasteiger partial charge < -0.3 is 10.2 Å². The average molecular weight is 278 g/mol. The van der Waals surface area contributed by atoms with Gasteiger partial charge in [-0.2, -0.15) is 0 Å². The van der Waals surface area contributed by atoms with Crippen LogP contribution in [0.2, 0.25) is 0 Å². The van der Waals surface area contributed by atoms with Gasteiger partial charge in [0, 0.05) is 43.1 Å². The molecule has 0 saturated carbocycles. The maximum absolute atomic E-state index is 4.51. The lowest BCUT2D eigenvalue weighted by Crippen LogP contribution is -2.35. The van der Waals surface area contributed by atoms with E-state index in [9.17, 15) is 0 Å². The third-order valence-corrected chi connectivity index (χ3v) is 3.41. The van der Waals surface area contributed by atoms with Gasteiger partial charge in [0.15, 0.2) is 0 Å². The first-order valence-corrected chi connectivity index (χ1v) is 7.66. The summed E-state index contributed by atoms with van der Waals surface area (Å²) in [6, 6.07) is 0. The number of nitrogens with one attached hydrogen (secondary N) is 1. The first-order chi connectivity index (χ1) is 9.35. The van der Waals surface area contributed by atoms with Gasteiger partial charge in [-0.1, -0.05) is 20.3 Å². The molecule has 1 aromatic rings. The zero-order valence-electron chi connectivity index (χ0n) is 13.9. The minimum absolute atomic E-state index is 0.116. The summed E-state index contributed by atoms with van der Waals surface area (Å²) in [7, 11) is 0. The molecule has 4 nitrogen and oxygen atoms in total. The molecule has 0 radical (unpaired) electrons. The summed E-state index contributed by atoms with van der Waals surface area (Å²) < 4.78 is 0. The molecule has 0 aliphatic rings. The first-order valence-electron chi connectivity index (χ1n) is 7.66. The van der Waals surface area contributed by atoms with Crippen molar-refractivity contribution < 1.29 is 0 Å². The van der Waals surface area contributed by atoms with Crippen LogP contribution in [0.3, 0.4) is 0 Å². The Morgan fingerprint density at radius 1 is 1.20 bits per heavy atom. The third-order valence-electron chi connectivity index (χ3n) is 3.41. The van der Waals surface area contributed by atoms with Crippen molar-refractivity contribution in [3.8, 4) is 0 Å². The SMILES string of the molecule is CCC(C)CN(CC)c1ncc(CNC(C)(C)C)cn1. The van der Waals surface area contributed by atoms with Crippen molar-refractivity contribution in [2.75, 3.05) is 18.0 Å². The Labute approximate surface area is 124 Å². The predicted octanol–water partition coefficient (Wildman–Crippen LogP) is 3.24. The molecule has 0 saturated heterocycles. The van der Waals surface area contributed by atoms with Crippen molar-refractivity contribution in [3.05, 3.63) is 18.0 Å². The molecule has 0 spiro atoms. The van der Waals surface area contributed by atoms with Gasteiger partial charge in [0.05, 0.1) is 0 Å². The van der Waals surface area contributed by atoms with E-state index in [0.29, 0.717) is 5.92 Å². The fourth-order valence-corrected chi connectivity index (χ4v) is 1.83. The second kappa shape index (κ2) is 7.58. The van der Waals surface area contributed by atoms with Crippen molar-refractivity contribution in [2.45, 2.75) is 60.0 Å². The molecule has 0 aromatic carbocycles. The van der Waals surface area contributed by atoms with Crippen LogP contribution in [0.4, 0.5) is 5.95 Å². The molecule has 1 atom stereocenters. The molecular weight excluding hydrogens is 248 g/mol. The largest absolute Gasteiger partial charge is 0.341 e. The van der Waals surface area contributed by atoms with Crippen LogP contribution in [0.5, 0.6) is 0 Å². The topological polar surface area (TPSA) is 41.1 Å². The van der Waals surface area contributed by atoms with E-state index in [1.807, 2.05) is 12.4 Å². The average Bonchev–Trinajstić information content (AvgIpc) is 2.42. The predicted molar refractivity (Wildman–Crippen MR) is 86.0 cm³/mol. The highest BCUT2D eigenvalue weighted by Gasteiger charge is 2.12. The second-order valence-corrected chi connectivity index (χ2v) is 6.55. The summed E-state index contributed by atoms with van der Waals surface area (Å²) in [4.78, 5) is 11.3. The number of anilines is 1. The maximum Gasteiger partial charge on any atom is 0.225 e. The number of rotatable bonds is 7. The van der Waals surface area contributed by atoms with Gasteiger partial charge >= 0.3 is 0 Å². The highest BCUT2D eigenvalue weighted by molar-refractivity contribution is 5.29. The minimum atomic E-state index is 0.116. The molecule has 114 valence electrons. The van der Waals surface area contributed by atoms with Gasteiger partial charge in [0.2, 0.25) is 5.95 Å². The van der Waals surface area contributed by atoms with Gasteiger partial charge in [-0.15, -0.1) is 0 Å². The van der Waals surface area contributed by atoms with Crippen LogP contribution in [0, 0.1) is 5.92 Å². The summed E-state index contributed by atoms with van der Waals surface area (Å²) >= 11 is 0. The lowest BCUT2D eigenvalue weighted by molar-refractivity contribution is 0.423. The molecule has 1 aromatic heterocycles. The lowest BCUT2D eigenvalue weighted by Gasteiger charge is -2.24. The van der Waals surface area contributed by atoms with Crippen LogP contribution in [0.1, 0.15) is 53.5 Å². The number of nitrogens with zero attached hydrogens (tertiary/aromatic N) is 3. The Bertz CT molecular complexity index is 380. The number of hydrogen-bond donors (Lipinski definition) is 1. The zero-order chi connectivity index (χ0) is 15.2. The van der Waals surface area contributed by atoms with E-state index in [0.717, 1.165) is 31.1 Å². The van der Waals surface area contributed by atoms with Crippen LogP contribution < -0.4 is 10.2 Å². The Morgan fingerprint density at radius 2 is 1.80 bits per heavy atom. The fraction of sp³-hybridized carbons (Fsp3) is 0.750. The van der Waals surface area contributed by atoms with E-state index in [2.05, 4.69) is 61.7 Å². The Balaban J connectivity index is 2.64. The van der Waals surface area contributed by atoms with Gasteiger partial charge in [-0.25, -0.2) is 9.97 Å². The summed E-state index contributed by atoms with van der Waals surface area (Å²) in [6.45, 7) is 15.9. The molecule has 1 rings (SSSR count). The summed E-state index contributed by atoms with van der Waals surface area (Å²) in [5.41, 5.74) is 1.24. The summed E-state index contributed by atoms with van der Waals surface area (Å²) in [5.74, 6) is 1.51. The Kier molecular flexibility index (Phi) is 6.40. The molecule has 0 aliphatic carbocycles. The summed E-state index contributed by atoms with van der Waals surface area (Å²) in [5, 5.41) is 3.45. The van der Waals surface area contributed by atoms with Gasteiger partial charge in [-0.3, -0.25) is 0 Å². The standard InChI is InChI=1S/C16H30N4/c1-7-13(3)12-20(8-2)15-17-9-14(10-18-15)11-19-16(4,5)6/h9-10,13,19H,7-8,11-12H2,1-6H3. The highest BCUT2D eigenvalue weighted by atomic mass is 15.2. The van der Waals surface area contributed by atoms with E-state index >= 15 is 0 Å². The fourth-order valence-electron chi connectivity index (χ4n) is 1.83. The zero-order valence-corrected chi connectivity index (χ0v) is 13.9. The van der Waals surface area contributed by atoms with Crippen molar-refractivity contribution >= 4 is 5.95 Å². The number of aromatic nitrogens is 2. The Morgan fingerprint density at radius 3 is 2.25 bits per heavy atom.